The SMILES string of the molecule is N.N.N.N.N.N.[Cs+].[H-].[Ir]. The molecule has 0 saturated carbocycles. The molecule has 0 aliphatic heterocycles. The first-order valence-electron chi connectivity index (χ1n) is 0. The van der Waals surface area contributed by atoms with Crippen molar-refractivity contribution in [2.24, 2.45) is 0 Å². The van der Waals surface area contributed by atoms with Gasteiger partial charge in [0.15, 0.2) is 0 Å². The Morgan fingerprint density at radius 2 is 0.500 bits per heavy atom. The van der Waals surface area contributed by atoms with Crippen LogP contribution in [0.2, 0.25) is 0 Å². The first-order valence-corrected chi connectivity index (χ1v) is 0. The van der Waals surface area contributed by atoms with Gasteiger partial charge in [0.2, 0.25) is 0 Å². The van der Waals surface area contributed by atoms with Crippen molar-refractivity contribution in [2.75, 3.05) is 0 Å². The van der Waals surface area contributed by atoms with E-state index in [-0.39, 0.29) is 127 Å². The van der Waals surface area contributed by atoms with Gasteiger partial charge >= 0.3 is 68.9 Å². The predicted molar refractivity (Wildman–Crippen MR) is 31.2 cm³/mol. The second kappa shape index (κ2) is 112. The third-order valence-electron chi connectivity index (χ3n) is 0. The zero-order valence-electron chi connectivity index (χ0n) is 6.58. The molecule has 18 N–H and O–H groups in total. The van der Waals surface area contributed by atoms with Gasteiger partial charge < -0.3 is 38.3 Å². The van der Waals surface area contributed by atoms with Crippen molar-refractivity contribution in [1.82, 2.24) is 36.9 Å². The zero-order chi connectivity index (χ0) is 0. The molecule has 0 saturated heterocycles. The first-order chi connectivity index (χ1) is 0. The van der Waals surface area contributed by atoms with E-state index in [4.69, 9.17) is 0 Å². The van der Waals surface area contributed by atoms with Crippen LogP contribution in [0.5, 0.6) is 0 Å². The van der Waals surface area contributed by atoms with Crippen molar-refractivity contribution in [2.45, 2.75) is 0 Å². The molecule has 0 spiro atoms. The fourth-order valence-corrected chi connectivity index (χ4v) is 0. The van der Waals surface area contributed by atoms with E-state index in [1.54, 1.807) is 0 Å². The summed E-state index contributed by atoms with van der Waals surface area (Å²) in [5, 5.41) is 0. The van der Waals surface area contributed by atoms with Crippen LogP contribution >= 0.6 is 0 Å². The normalized spacial score (nSPS) is 0. The average molecular weight is 428 g/mol. The molecule has 6 nitrogen and oxygen atoms in total. The summed E-state index contributed by atoms with van der Waals surface area (Å²) in [5.41, 5.74) is 0. The largest absolute Gasteiger partial charge is 1.00 e. The Labute approximate surface area is 124 Å². The summed E-state index contributed by atoms with van der Waals surface area (Å²) in [7, 11) is 0. The second-order valence-corrected chi connectivity index (χ2v) is 0. The van der Waals surface area contributed by atoms with E-state index in [2.05, 4.69) is 0 Å². The molecule has 0 atom stereocenters. The molecule has 0 amide bonds. The summed E-state index contributed by atoms with van der Waals surface area (Å²) in [6.45, 7) is 0. The molecule has 0 aliphatic carbocycles. The third-order valence-corrected chi connectivity index (χ3v) is 0. The maximum atomic E-state index is 0. The summed E-state index contributed by atoms with van der Waals surface area (Å²) in [5.74, 6) is 0. The molecular weight excluding hydrogens is 409 g/mol. The van der Waals surface area contributed by atoms with Gasteiger partial charge in [0, 0.05) is 20.1 Å². The summed E-state index contributed by atoms with van der Waals surface area (Å²) in [6.07, 6.45) is 0. The molecule has 8 heteroatoms. The molecule has 0 bridgehead atoms. The van der Waals surface area contributed by atoms with Gasteiger partial charge in [-0.3, -0.25) is 0 Å². The number of hydrogen-bond donors (Lipinski definition) is 6. The third kappa shape index (κ3) is 77.8. The quantitative estimate of drug-likeness (QED) is 0.259. The summed E-state index contributed by atoms with van der Waals surface area (Å²) in [6, 6.07) is 0. The van der Waals surface area contributed by atoms with Crippen molar-refractivity contribution in [3.63, 3.8) is 0 Å². The maximum absolute atomic E-state index is 0. The van der Waals surface area contributed by atoms with Crippen LogP contribution in [0.25, 0.3) is 0 Å². The fraction of sp³-hybridized carbons (Fsp3) is 0. The summed E-state index contributed by atoms with van der Waals surface area (Å²) < 4.78 is 0. The van der Waals surface area contributed by atoms with Crippen molar-refractivity contribution < 1.29 is 90.4 Å². The average Bonchev–Trinajstić information content (AvgIpc) is 0. The van der Waals surface area contributed by atoms with E-state index >= 15 is 0 Å². The Bertz CT molecular complexity index is 13.0. The molecule has 0 aliphatic rings. The predicted octanol–water partition coefficient (Wildman–Crippen LogP) is -1.91. The van der Waals surface area contributed by atoms with E-state index in [9.17, 15) is 0 Å². The minimum atomic E-state index is 0. The molecule has 1 radical (unpaired) electrons. The Hall–Kier alpha value is 2.46. The zero-order valence-corrected chi connectivity index (χ0v) is 14.3. The molecule has 59 valence electrons. The van der Waals surface area contributed by atoms with E-state index in [0.717, 1.165) is 0 Å². The van der Waals surface area contributed by atoms with Crippen molar-refractivity contribution in [3.05, 3.63) is 0 Å². The topological polar surface area (TPSA) is 210 Å². The minimum Gasteiger partial charge on any atom is -1.00 e. The molecule has 0 unspecified atom stereocenters. The summed E-state index contributed by atoms with van der Waals surface area (Å²) in [4.78, 5) is 0. The van der Waals surface area contributed by atoms with E-state index in [1.807, 2.05) is 0 Å². The Morgan fingerprint density at radius 3 is 0.500 bits per heavy atom. The van der Waals surface area contributed by atoms with Crippen LogP contribution in [0.3, 0.4) is 0 Å². The molecular formula is H19CsIrN6. The maximum Gasteiger partial charge on any atom is 1.00 e. The van der Waals surface area contributed by atoms with Gasteiger partial charge in [-0.1, -0.05) is 0 Å². The molecule has 0 aromatic carbocycles. The molecule has 0 rings (SSSR count). The van der Waals surface area contributed by atoms with Gasteiger partial charge in [0.05, 0.1) is 0 Å². The fourth-order valence-electron chi connectivity index (χ4n) is 0. The monoisotopic (exact) mass is 429 g/mol. The van der Waals surface area contributed by atoms with Crippen molar-refractivity contribution in [3.8, 4) is 0 Å². The van der Waals surface area contributed by atoms with Crippen LogP contribution in [0.15, 0.2) is 0 Å². The van der Waals surface area contributed by atoms with Gasteiger partial charge in [0.1, 0.15) is 0 Å². The molecule has 8 heavy (non-hydrogen) atoms. The standard InChI is InChI=1S/Cs.Ir.6H3N.H/h;;6*1H3;/q+1;;;;;;;;-1. The van der Waals surface area contributed by atoms with Crippen LogP contribution in [0, 0.1) is 0 Å². The molecule has 0 fully saturated rings. The van der Waals surface area contributed by atoms with Gasteiger partial charge in [-0.25, -0.2) is 0 Å². The van der Waals surface area contributed by atoms with Crippen molar-refractivity contribution in [1.29, 1.82) is 0 Å². The second-order valence-electron chi connectivity index (χ2n) is 0. The van der Waals surface area contributed by atoms with Gasteiger partial charge in [-0.05, 0) is 0 Å². The Balaban J connectivity index is 0. The van der Waals surface area contributed by atoms with Crippen molar-refractivity contribution >= 4 is 0 Å². The van der Waals surface area contributed by atoms with Crippen LogP contribution in [-0.4, -0.2) is 0 Å². The summed E-state index contributed by atoms with van der Waals surface area (Å²) >= 11 is 0. The van der Waals surface area contributed by atoms with Crippen LogP contribution in [-0.2, 0) is 20.1 Å². The van der Waals surface area contributed by atoms with Crippen LogP contribution < -0.4 is 106 Å². The Kier molecular flexibility index (Phi) is 2160. The van der Waals surface area contributed by atoms with Gasteiger partial charge in [0.25, 0.3) is 0 Å². The van der Waals surface area contributed by atoms with Gasteiger partial charge in [-0.2, -0.15) is 0 Å². The van der Waals surface area contributed by atoms with E-state index in [0.29, 0.717) is 0 Å². The van der Waals surface area contributed by atoms with Gasteiger partial charge in [-0.15, -0.1) is 0 Å². The minimum absolute atomic E-state index is 0. The first kappa shape index (κ1) is 155. The number of rotatable bonds is 0. The molecule has 0 aromatic heterocycles. The smallest absolute Gasteiger partial charge is 1.00 e. The molecule has 0 heterocycles. The van der Waals surface area contributed by atoms with E-state index in [1.165, 1.54) is 0 Å². The number of hydrogen-bond acceptors (Lipinski definition) is 6. The Morgan fingerprint density at radius 1 is 0.500 bits per heavy atom. The van der Waals surface area contributed by atoms with E-state index < -0.39 is 0 Å². The van der Waals surface area contributed by atoms with Crippen LogP contribution in [0.1, 0.15) is 1.43 Å². The van der Waals surface area contributed by atoms with Crippen LogP contribution in [0.4, 0.5) is 0 Å². The molecule has 0 aromatic rings.